The predicted octanol–water partition coefficient (Wildman–Crippen LogP) is 6.03. The Bertz CT molecular complexity index is 196. The van der Waals surface area contributed by atoms with E-state index in [1.54, 1.807) is 0 Å². The molecule has 1 nitrogen and oxygen atoms in total. The van der Waals surface area contributed by atoms with Crippen molar-refractivity contribution < 1.29 is 4.48 Å². The first-order valence-electron chi connectivity index (χ1n) is 9.30. The monoisotopic (exact) mass is 284 g/mol. The molecule has 0 saturated heterocycles. The maximum atomic E-state index is 2.41. The van der Waals surface area contributed by atoms with Gasteiger partial charge < -0.3 is 4.48 Å². The molecule has 0 N–H and O–H groups in total. The van der Waals surface area contributed by atoms with Crippen molar-refractivity contribution in [2.45, 2.75) is 91.4 Å². The zero-order chi connectivity index (χ0) is 15.3. The molecule has 0 rings (SSSR count). The van der Waals surface area contributed by atoms with Gasteiger partial charge in [0.1, 0.15) is 0 Å². The van der Waals surface area contributed by atoms with Gasteiger partial charge >= 0.3 is 0 Å². The minimum Gasteiger partial charge on any atom is -0.328 e. The summed E-state index contributed by atoms with van der Waals surface area (Å²) < 4.78 is 1.23. The van der Waals surface area contributed by atoms with E-state index in [1.807, 2.05) is 0 Å². The summed E-state index contributed by atoms with van der Waals surface area (Å²) in [5, 5.41) is 0. The van der Waals surface area contributed by atoms with Crippen molar-refractivity contribution in [1.82, 2.24) is 0 Å². The Balaban J connectivity index is 3.38. The van der Waals surface area contributed by atoms with Crippen molar-refractivity contribution in [2.75, 3.05) is 27.2 Å². The Morgan fingerprint density at radius 3 is 1.60 bits per heavy atom. The first-order chi connectivity index (χ1) is 9.48. The molecule has 0 aliphatic rings. The third-order valence-corrected chi connectivity index (χ3v) is 4.41. The number of hydrogen-bond donors (Lipinski definition) is 0. The van der Waals surface area contributed by atoms with E-state index < -0.39 is 0 Å². The van der Waals surface area contributed by atoms with Crippen LogP contribution in [0.15, 0.2) is 0 Å². The highest BCUT2D eigenvalue weighted by Gasteiger charge is 2.13. The van der Waals surface area contributed by atoms with E-state index in [9.17, 15) is 0 Å². The molecule has 0 saturated carbocycles. The summed E-state index contributed by atoms with van der Waals surface area (Å²) in [4.78, 5) is 0. The molecule has 0 fully saturated rings. The van der Waals surface area contributed by atoms with E-state index in [2.05, 4.69) is 34.9 Å². The van der Waals surface area contributed by atoms with Gasteiger partial charge in [-0.05, 0) is 31.6 Å². The van der Waals surface area contributed by atoms with Gasteiger partial charge in [0.2, 0.25) is 0 Å². The molecule has 0 aromatic heterocycles. The van der Waals surface area contributed by atoms with Gasteiger partial charge in [0, 0.05) is 0 Å². The molecule has 20 heavy (non-hydrogen) atoms. The van der Waals surface area contributed by atoms with Gasteiger partial charge in [0.15, 0.2) is 0 Å². The maximum Gasteiger partial charge on any atom is 0.0782 e. The van der Waals surface area contributed by atoms with E-state index >= 15 is 0 Å². The number of hydrogen-bond acceptors (Lipinski definition) is 0. The van der Waals surface area contributed by atoms with Crippen LogP contribution in [-0.2, 0) is 0 Å². The zero-order valence-corrected chi connectivity index (χ0v) is 15.2. The molecular weight excluding hydrogens is 242 g/mol. The molecule has 0 spiro atoms. The molecule has 0 radical (unpaired) electrons. The summed E-state index contributed by atoms with van der Waals surface area (Å²) in [6.07, 6.45) is 15.7. The van der Waals surface area contributed by atoms with Gasteiger partial charge in [-0.15, -0.1) is 0 Å². The quantitative estimate of drug-likeness (QED) is 0.270. The highest BCUT2D eigenvalue weighted by atomic mass is 15.3. The number of rotatable bonds is 14. The van der Waals surface area contributed by atoms with Crippen LogP contribution in [0.4, 0.5) is 0 Å². The van der Waals surface area contributed by atoms with Gasteiger partial charge in [0.05, 0.1) is 27.2 Å². The molecule has 0 atom stereocenters. The fourth-order valence-corrected chi connectivity index (χ4v) is 2.88. The van der Waals surface area contributed by atoms with Crippen molar-refractivity contribution in [3.63, 3.8) is 0 Å². The van der Waals surface area contributed by atoms with Crippen LogP contribution < -0.4 is 0 Å². The van der Waals surface area contributed by atoms with Crippen LogP contribution in [-0.4, -0.2) is 31.7 Å². The lowest BCUT2D eigenvalue weighted by Crippen LogP contribution is -2.41. The van der Waals surface area contributed by atoms with E-state index in [0.29, 0.717) is 0 Å². The third-order valence-electron chi connectivity index (χ3n) is 4.41. The van der Waals surface area contributed by atoms with Gasteiger partial charge in [-0.2, -0.15) is 0 Å². The lowest BCUT2D eigenvalue weighted by Gasteiger charge is -2.30. The standard InChI is InChI=1S/C19H42N/c1-6-7-8-9-10-11-12-14-17-20(4,5)18-15-13-16-19(2)3/h19H,6-18H2,1-5H3/q+1. The predicted molar refractivity (Wildman–Crippen MR) is 93.1 cm³/mol. The molecule has 122 valence electrons. The van der Waals surface area contributed by atoms with Crippen molar-refractivity contribution in [1.29, 1.82) is 0 Å². The number of quaternary nitrogens is 1. The molecule has 0 heterocycles. The zero-order valence-electron chi connectivity index (χ0n) is 15.2. The molecule has 0 amide bonds. The SMILES string of the molecule is CCCCCCCCCC[N+](C)(C)CCCCC(C)C. The van der Waals surface area contributed by atoms with Crippen LogP contribution in [0, 0.1) is 5.92 Å². The Kier molecular flexibility index (Phi) is 12.7. The molecule has 0 aliphatic heterocycles. The molecule has 0 aromatic rings. The summed E-state index contributed by atoms with van der Waals surface area (Å²) in [5.41, 5.74) is 0. The topological polar surface area (TPSA) is 0 Å². The normalized spacial score (nSPS) is 12.3. The molecule has 0 aromatic carbocycles. The smallest absolute Gasteiger partial charge is 0.0782 e. The Morgan fingerprint density at radius 2 is 1.10 bits per heavy atom. The molecule has 1 heteroatoms. The minimum absolute atomic E-state index is 0.873. The van der Waals surface area contributed by atoms with Crippen LogP contribution in [0.1, 0.15) is 91.4 Å². The largest absolute Gasteiger partial charge is 0.328 e. The van der Waals surface area contributed by atoms with E-state index in [4.69, 9.17) is 0 Å². The summed E-state index contributed by atoms with van der Waals surface area (Å²) in [7, 11) is 4.83. The maximum absolute atomic E-state index is 2.41. The highest BCUT2D eigenvalue weighted by Crippen LogP contribution is 2.12. The first kappa shape index (κ1) is 20.0. The summed E-state index contributed by atoms with van der Waals surface area (Å²) >= 11 is 0. The summed E-state index contributed by atoms with van der Waals surface area (Å²) in [6.45, 7) is 9.70. The Labute approximate surface area is 129 Å². The second-order valence-electron chi connectivity index (χ2n) is 7.75. The van der Waals surface area contributed by atoms with Crippen LogP contribution in [0.25, 0.3) is 0 Å². The summed E-state index contributed by atoms with van der Waals surface area (Å²) in [6, 6.07) is 0. The van der Waals surface area contributed by atoms with Crippen LogP contribution >= 0.6 is 0 Å². The Morgan fingerprint density at radius 1 is 0.650 bits per heavy atom. The van der Waals surface area contributed by atoms with Gasteiger partial charge in [-0.25, -0.2) is 0 Å². The third kappa shape index (κ3) is 14.4. The van der Waals surface area contributed by atoms with Gasteiger partial charge in [0.25, 0.3) is 0 Å². The second kappa shape index (κ2) is 12.7. The van der Waals surface area contributed by atoms with Gasteiger partial charge in [-0.3, -0.25) is 0 Å². The van der Waals surface area contributed by atoms with E-state index in [0.717, 1.165) is 5.92 Å². The fraction of sp³-hybridized carbons (Fsp3) is 1.00. The molecule has 0 unspecified atom stereocenters. The summed E-state index contributed by atoms with van der Waals surface area (Å²) in [5.74, 6) is 0.873. The Hall–Kier alpha value is -0.0400. The van der Waals surface area contributed by atoms with Crippen molar-refractivity contribution in [2.24, 2.45) is 5.92 Å². The molecule has 0 bridgehead atoms. The number of nitrogens with zero attached hydrogens (tertiary/aromatic N) is 1. The lowest BCUT2D eigenvalue weighted by atomic mass is 10.1. The first-order valence-corrected chi connectivity index (χ1v) is 9.30. The number of unbranched alkanes of at least 4 members (excludes halogenated alkanes) is 8. The molecule has 0 aliphatic carbocycles. The van der Waals surface area contributed by atoms with E-state index in [1.165, 1.54) is 88.2 Å². The van der Waals surface area contributed by atoms with E-state index in [-0.39, 0.29) is 0 Å². The average molecular weight is 285 g/mol. The van der Waals surface area contributed by atoms with Crippen LogP contribution in [0.5, 0.6) is 0 Å². The van der Waals surface area contributed by atoms with Crippen molar-refractivity contribution in [3.8, 4) is 0 Å². The molecular formula is C19H42N+. The van der Waals surface area contributed by atoms with Crippen LogP contribution in [0.2, 0.25) is 0 Å². The van der Waals surface area contributed by atoms with Crippen molar-refractivity contribution >= 4 is 0 Å². The fourth-order valence-electron chi connectivity index (χ4n) is 2.88. The lowest BCUT2D eigenvalue weighted by molar-refractivity contribution is -0.890. The highest BCUT2D eigenvalue weighted by molar-refractivity contribution is 4.48. The van der Waals surface area contributed by atoms with Gasteiger partial charge in [-0.1, -0.05) is 65.7 Å². The average Bonchev–Trinajstić information content (AvgIpc) is 2.38. The second-order valence-corrected chi connectivity index (χ2v) is 7.75. The minimum atomic E-state index is 0.873. The van der Waals surface area contributed by atoms with Crippen LogP contribution in [0.3, 0.4) is 0 Å². The van der Waals surface area contributed by atoms with Crippen molar-refractivity contribution in [3.05, 3.63) is 0 Å².